The van der Waals surface area contributed by atoms with Gasteiger partial charge in [0.25, 0.3) is 0 Å². The van der Waals surface area contributed by atoms with Gasteiger partial charge in [0.2, 0.25) is 5.91 Å². The Morgan fingerprint density at radius 1 is 1.23 bits per heavy atom. The fourth-order valence-electron chi connectivity index (χ4n) is 2.74. The number of pyridine rings is 1. The monoisotopic (exact) mass is 293 g/mol. The molecule has 0 saturated heterocycles. The largest absolute Gasteiger partial charge is 0.366 e. The fraction of sp³-hybridized carbons (Fsp3) is 0.222. The first kappa shape index (κ1) is 14.5. The van der Waals surface area contributed by atoms with E-state index >= 15 is 0 Å². The molecule has 2 heterocycles. The smallest absolute Gasteiger partial charge is 0.248 e. The van der Waals surface area contributed by atoms with E-state index < -0.39 is 0 Å². The van der Waals surface area contributed by atoms with Gasteiger partial charge < -0.3 is 5.73 Å². The predicted molar refractivity (Wildman–Crippen MR) is 87.1 cm³/mol. The highest BCUT2D eigenvalue weighted by molar-refractivity contribution is 5.92. The van der Waals surface area contributed by atoms with E-state index in [1.807, 2.05) is 24.4 Å². The van der Waals surface area contributed by atoms with Crippen LogP contribution in [-0.4, -0.2) is 28.9 Å². The van der Waals surface area contributed by atoms with Crippen LogP contribution >= 0.6 is 0 Å². The zero-order valence-corrected chi connectivity index (χ0v) is 12.4. The number of carbonyl (C=O) groups is 1. The first-order valence-corrected chi connectivity index (χ1v) is 7.43. The lowest BCUT2D eigenvalue weighted by atomic mass is 10.0. The molecule has 1 aromatic carbocycles. The van der Waals surface area contributed by atoms with Crippen LogP contribution in [0.15, 0.2) is 54.9 Å². The van der Waals surface area contributed by atoms with Crippen molar-refractivity contribution in [3.8, 4) is 0 Å². The summed E-state index contributed by atoms with van der Waals surface area (Å²) in [6, 6.07) is 11.6. The molecule has 4 nitrogen and oxygen atoms in total. The second kappa shape index (κ2) is 6.54. The van der Waals surface area contributed by atoms with Crippen LogP contribution in [0.4, 0.5) is 0 Å². The Hall–Kier alpha value is -2.46. The Labute approximate surface area is 130 Å². The molecule has 2 aromatic rings. The van der Waals surface area contributed by atoms with Crippen molar-refractivity contribution in [2.45, 2.75) is 13.0 Å². The number of carbonyl (C=O) groups excluding carboxylic acids is 1. The second-order valence-corrected chi connectivity index (χ2v) is 5.53. The first-order chi connectivity index (χ1) is 10.7. The minimum atomic E-state index is -0.383. The summed E-state index contributed by atoms with van der Waals surface area (Å²) >= 11 is 0. The molecule has 112 valence electrons. The second-order valence-electron chi connectivity index (χ2n) is 5.53. The molecule has 22 heavy (non-hydrogen) atoms. The summed E-state index contributed by atoms with van der Waals surface area (Å²) in [6.07, 6.45) is 7.05. The molecule has 0 spiro atoms. The van der Waals surface area contributed by atoms with Gasteiger partial charge in [0.15, 0.2) is 0 Å². The van der Waals surface area contributed by atoms with Gasteiger partial charge in [0.1, 0.15) is 0 Å². The third-order valence-electron chi connectivity index (χ3n) is 3.91. The summed E-state index contributed by atoms with van der Waals surface area (Å²) in [7, 11) is 0. The molecule has 1 aromatic heterocycles. The Morgan fingerprint density at radius 2 is 2.05 bits per heavy atom. The normalized spacial score (nSPS) is 15.4. The third kappa shape index (κ3) is 3.40. The van der Waals surface area contributed by atoms with Gasteiger partial charge in [0, 0.05) is 37.6 Å². The van der Waals surface area contributed by atoms with E-state index in [2.05, 4.69) is 22.0 Å². The fourth-order valence-corrected chi connectivity index (χ4v) is 2.74. The molecule has 0 unspecified atom stereocenters. The summed E-state index contributed by atoms with van der Waals surface area (Å²) in [4.78, 5) is 17.7. The molecule has 1 aliphatic rings. The van der Waals surface area contributed by atoms with Crippen LogP contribution in [0.1, 0.15) is 27.9 Å². The molecular weight excluding hydrogens is 274 g/mol. The molecular formula is C18H19N3O. The van der Waals surface area contributed by atoms with Crippen LogP contribution in [0.5, 0.6) is 0 Å². The molecule has 0 fully saturated rings. The number of hydrogen-bond acceptors (Lipinski definition) is 3. The lowest BCUT2D eigenvalue weighted by Crippen LogP contribution is -2.29. The van der Waals surface area contributed by atoms with Crippen molar-refractivity contribution in [2.24, 2.45) is 5.73 Å². The van der Waals surface area contributed by atoms with Gasteiger partial charge in [-0.25, -0.2) is 0 Å². The van der Waals surface area contributed by atoms with E-state index in [0.717, 1.165) is 26.1 Å². The van der Waals surface area contributed by atoms with Crippen molar-refractivity contribution in [2.75, 3.05) is 13.1 Å². The summed E-state index contributed by atoms with van der Waals surface area (Å²) in [5.74, 6) is -0.383. The van der Waals surface area contributed by atoms with Gasteiger partial charge in [0.05, 0.1) is 0 Å². The number of nitrogens with two attached hydrogens (primary N) is 1. The summed E-state index contributed by atoms with van der Waals surface area (Å²) in [5.41, 5.74) is 9.53. The van der Waals surface area contributed by atoms with Crippen LogP contribution in [0.3, 0.4) is 0 Å². The van der Waals surface area contributed by atoms with Gasteiger partial charge in [-0.05, 0) is 41.3 Å². The molecule has 0 aliphatic carbocycles. The molecule has 2 N–H and O–H groups in total. The van der Waals surface area contributed by atoms with Crippen molar-refractivity contribution in [1.82, 2.24) is 9.88 Å². The molecule has 0 radical (unpaired) electrons. The molecule has 1 aliphatic heterocycles. The highest BCUT2D eigenvalue weighted by atomic mass is 16.1. The van der Waals surface area contributed by atoms with Crippen LogP contribution in [0.25, 0.3) is 5.57 Å². The molecule has 0 saturated carbocycles. The van der Waals surface area contributed by atoms with Crippen molar-refractivity contribution in [3.63, 3.8) is 0 Å². The van der Waals surface area contributed by atoms with E-state index in [1.165, 1.54) is 16.7 Å². The van der Waals surface area contributed by atoms with Gasteiger partial charge in [-0.3, -0.25) is 14.7 Å². The number of rotatable bonds is 4. The number of primary amides is 1. The first-order valence-electron chi connectivity index (χ1n) is 7.43. The molecule has 0 bridgehead atoms. The lowest BCUT2D eigenvalue weighted by molar-refractivity contribution is 0.100. The van der Waals surface area contributed by atoms with E-state index in [9.17, 15) is 4.79 Å². The minimum absolute atomic E-state index is 0.383. The molecule has 3 rings (SSSR count). The van der Waals surface area contributed by atoms with E-state index in [-0.39, 0.29) is 5.91 Å². The Kier molecular flexibility index (Phi) is 4.30. The van der Waals surface area contributed by atoms with Gasteiger partial charge >= 0.3 is 0 Å². The van der Waals surface area contributed by atoms with Crippen molar-refractivity contribution < 1.29 is 4.79 Å². The van der Waals surface area contributed by atoms with E-state index in [1.54, 1.807) is 18.3 Å². The number of hydrogen-bond donors (Lipinski definition) is 1. The minimum Gasteiger partial charge on any atom is -0.366 e. The summed E-state index contributed by atoms with van der Waals surface area (Å²) < 4.78 is 0. The molecule has 0 atom stereocenters. The maximum atomic E-state index is 11.1. The van der Waals surface area contributed by atoms with Gasteiger partial charge in [-0.2, -0.15) is 0 Å². The molecule has 1 amide bonds. The van der Waals surface area contributed by atoms with Crippen molar-refractivity contribution >= 4 is 11.5 Å². The lowest BCUT2D eigenvalue weighted by Gasteiger charge is -2.27. The van der Waals surface area contributed by atoms with E-state index in [0.29, 0.717) is 5.56 Å². The van der Waals surface area contributed by atoms with Crippen LogP contribution in [0, 0.1) is 0 Å². The van der Waals surface area contributed by atoms with Crippen LogP contribution < -0.4 is 5.73 Å². The van der Waals surface area contributed by atoms with Crippen LogP contribution in [0.2, 0.25) is 0 Å². The Bertz CT molecular complexity index is 677. The predicted octanol–water partition coefficient (Wildman–Crippen LogP) is 2.47. The number of nitrogens with zero attached hydrogens (tertiary/aromatic N) is 2. The summed E-state index contributed by atoms with van der Waals surface area (Å²) in [5, 5.41) is 0. The zero-order chi connectivity index (χ0) is 15.4. The van der Waals surface area contributed by atoms with Gasteiger partial charge in [-0.1, -0.05) is 24.3 Å². The average Bonchev–Trinajstić information content (AvgIpc) is 2.56. The Balaban J connectivity index is 1.67. The van der Waals surface area contributed by atoms with Crippen molar-refractivity contribution in [3.05, 3.63) is 71.6 Å². The highest BCUT2D eigenvalue weighted by Gasteiger charge is 2.14. The SMILES string of the molecule is NC(=O)c1ccc(CN2CCC=C(c3cccnc3)C2)cc1. The zero-order valence-electron chi connectivity index (χ0n) is 12.4. The number of benzene rings is 1. The average molecular weight is 293 g/mol. The van der Waals surface area contributed by atoms with Crippen LogP contribution in [-0.2, 0) is 6.54 Å². The number of amides is 1. The number of aromatic nitrogens is 1. The van der Waals surface area contributed by atoms with E-state index in [4.69, 9.17) is 5.73 Å². The topological polar surface area (TPSA) is 59.2 Å². The highest BCUT2D eigenvalue weighted by Crippen LogP contribution is 2.21. The summed E-state index contributed by atoms with van der Waals surface area (Å²) in [6.45, 7) is 2.83. The quantitative estimate of drug-likeness (QED) is 0.942. The standard InChI is InChI=1S/C18H19N3O/c19-18(22)15-7-5-14(6-8-15)12-21-10-2-4-17(13-21)16-3-1-9-20-11-16/h1,3-9,11H,2,10,12-13H2,(H2,19,22). The maximum Gasteiger partial charge on any atom is 0.248 e. The Morgan fingerprint density at radius 3 is 2.73 bits per heavy atom. The van der Waals surface area contributed by atoms with Gasteiger partial charge in [-0.15, -0.1) is 0 Å². The molecule has 4 heteroatoms. The van der Waals surface area contributed by atoms with Crippen molar-refractivity contribution in [1.29, 1.82) is 0 Å². The third-order valence-corrected chi connectivity index (χ3v) is 3.91. The maximum absolute atomic E-state index is 11.1.